The minimum Gasteiger partial charge on any atom is -0.457 e. The lowest BCUT2D eigenvalue weighted by Crippen LogP contribution is -2.54. The van der Waals surface area contributed by atoms with Gasteiger partial charge in [0.15, 0.2) is 11.4 Å². The van der Waals surface area contributed by atoms with Crippen LogP contribution in [0.5, 0.6) is 11.5 Å². The molecule has 0 saturated carbocycles. The van der Waals surface area contributed by atoms with Gasteiger partial charge in [0.1, 0.15) is 24.2 Å². The highest BCUT2D eigenvalue weighted by Gasteiger charge is 2.50. The molecule has 32 heavy (non-hydrogen) atoms. The quantitative estimate of drug-likeness (QED) is 0.372. The number of hydrogen-bond donors (Lipinski definition) is 1. The van der Waals surface area contributed by atoms with Gasteiger partial charge in [-0.1, -0.05) is 6.08 Å². The van der Waals surface area contributed by atoms with E-state index in [9.17, 15) is 31.7 Å². The first kappa shape index (κ1) is 23.4. The van der Waals surface area contributed by atoms with Crippen molar-refractivity contribution in [2.24, 2.45) is 5.73 Å². The van der Waals surface area contributed by atoms with Crippen molar-refractivity contribution in [3.63, 3.8) is 0 Å². The topological polar surface area (TPSA) is 113 Å². The molecular weight excluding hydrogens is 451 g/mol. The number of ether oxygens (including phenoxy) is 1. The van der Waals surface area contributed by atoms with Gasteiger partial charge in [-0.05, 0) is 30.3 Å². The minimum atomic E-state index is -4.92. The lowest BCUT2D eigenvalue weighted by Gasteiger charge is -2.34. The predicted molar refractivity (Wildman–Crippen MR) is 112 cm³/mol. The number of rotatable bonds is 7. The smallest absolute Gasteiger partial charge is 0.408 e. The summed E-state index contributed by atoms with van der Waals surface area (Å²) in [5.41, 5.74) is 5.95. The number of non-ortho nitro benzene ring substituents is 1. The predicted octanol–water partition coefficient (Wildman–Crippen LogP) is 4.00. The van der Waals surface area contributed by atoms with Crippen molar-refractivity contribution in [3.8, 4) is 11.5 Å². The van der Waals surface area contributed by atoms with E-state index < -0.39 is 30.8 Å². The summed E-state index contributed by atoms with van der Waals surface area (Å²) in [5.74, 6) is -1.43. The van der Waals surface area contributed by atoms with Crippen molar-refractivity contribution in [1.29, 1.82) is 0 Å². The summed E-state index contributed by atoms with van der Waals surface area (Å²) in [6, 6.07) is 10.8. The van der Waals surface area contributed by atoms with Gasteiger partial charge in [0.25, 0.3) is 5.69 Å². The van der Waals surface area contributed by atoms with E-state index in [2.05, 4.69) is 0 Å². The Morgan fingerprint density at radius 1 is 1.06 bits per heavy atom. The van der Waals surface area contributed by atoms with E-state index >= 15 is 0 Å². The molecule has 3 rings (SSSR count). The molecule has 170 valence electrons. The van der Waals surface area contributed by atoms with E-state index in [0.29, 0.717) is 11.3 Å². The summed E-state index contributed by atoms with van der Waals surface area (Å²) in [6.45, 7) is -0.274. The Kier molecular flexibility index (Phi) is 6.39. The van der Waals surface area contributed by atoms with Crippen LogP contribution in [0.25, 0.3) is 0 Å². The molecule has 1 atom stereocenters. The number of alkyl halides is 3. The van der Waals surface area contributed by atoms with Crippen LogP contribution in [0.15, 0.2) is 72.5 Å². The van der Waals surface area contributed by atoms with E-state index in [1.54, 1.807) is 6.08 Å². The maximum absolute atomic E-state index is 13.0. The second-order valence-corrected chi connectivity index (χ2v) is 9.08. The average Bonchev–Trinajstić information content (AvgIpc) is 2.73. The summed E-state index contributed by atoms with van der Waals surface area (Å²) in [7, 11) is -4.76. The highest BCUT2D eigenvalue weighted by atomic mass is 32.2. The highest BCUT2D eigenvalue weighted by Crippen LogP contribution is 2.36. The van der Waals surface area contributed by atoms with E-state index in [4.69, 9.17) is 10.5 Å². The standard InChI is InChI=1S/C20H19F3N3O5S/c21-20(22,23)14-32(29,30)26(11-1-2-15(12-24)13-26)17-5-9-19(10-6-17)31-18-7-3-16(4-8-18)25(27)28/h1-10,13H,11-12,14,24H2/q+1. The third kappa shape index (κ3) is 4.98. The van der Waals surface area contributed by atoms with Gasteiger partial charge in [-0.15, -0.1) is 0 Å². The third-order valence-corrected chi connectivity index (χ3v) is 6.87. The molecule has 0 bridgehead atoms. The molecule has 0 aromatic heterocycles. The molecule has 0 saturated heterocycles. The Balaban J connectivity index is 1.95. The first-order valence-electron chi connectivity index (χ1n) is 9.24. The molecule has 8 nitrogen and oxygen atoms in total. The largest absolute Gasteiger partial charge is 0.457 e. The zero-order valence-corrected chi connectivity index (χ0v) is 17.3. The Labute approximate surface area is 181 Å². The molecule has 1 aliphatic heterocycles. The molecule has 1 unspecified atom stereocenters. The average molecular weight is 470 g/mol. The fraction of sp³-hybridized carbons (Fsp3) is 0.200. The Morgan fingerprint density at radius 2 is 1.62 bits per heavy atom. The molecule has 0 spiro atoms. The lowest BCUT2D eigenvalue weighted by molar-refractivity contribution is -0.384. The Hall–Kier alpha value is -3.22. The normalized spacial score (nSPS) is 18.8. The van der Waals surface area contributed by atoms with Gasteiger partial charge >= 0.3 is 16.2 Å². The van der Waals surface area contributed by atoms with Crippen LogP contribution in [0.4, 0.5) is 24.5 Å². The number of hydrogen-bond acceptors (Lipinski definition) is 6. The summed E-state index contributed by atoms with van der Waals surface area (Å²) < 4.78 is 69.4. The number of nitrogens with two attached hydrogens (primary N) is 1. The van der Waals surface area contributed by atoms with Crippen LogP contribution in [-0.4, -0.2) is 38.4 Å². The van der Waals surface area contributed by atoms with Crippen molar-refractivity contribution in [1.82, 2.24) is 3.89 Å². The van der Waals surface area contributed by atoms with Crippen LogP contribution in [0, 0.1) is 10.1 Å². The first-order valence-corrected chi connectivity index (χ1v) is 10.9. The maximum atomic E-state index is 13.0. The van der Waals surface area contributed by atoms with E-state index in [-0.39, 0.29) is 30.2 Å². The number of sulfonamides is 1. The number of nitro groups is 1. The molecule has 2 aromatic carbocycles. The lowest BCUT2D eigenvalue weighted by atomic mass is 10.2. The van der Waals surface area contributed by atoms with Gasteiger partial charge in [0.05, 0.1) is 4.92 Å². The number of nitro benzene ring substituents is 1. The number of benzene rings is 2. The first-order chi connectivity index (χ1) is 15.0. The molecule has 0 aliphatic carbocycles. The third-order valence-electron chi connectivity index (χ3n) is 4.72. The van der Waals surface area contributed by atoms with Crippen LogP contribution in [0.1, 0.15) is 0 Å². The number of nitrogens with zero attached hydrogens (tertiary/aromatic N) is 2. The minimum absolute atomic E-state index is 0.0423. The van der Waals surface area contributed by atoms with Crippen molar-refractivity contribution in [2.45, 2.75) is 6.18 Å². The molecule has 0 amide bonds. The van der Waals surface area contributed by atoms with E-state index in [0.717, 1.165) is 0 Å². The monoisotopic (exact) mass is 470 g/mol. The molecular formula is C20H19F3N3O5S+. The van der Waals surface area contributed by atoms with Crippen LogP contribution in [0.2, 0.25) is 0 Å². The van der Waals surface area contributed by atoms with Gasteiger partial charge in [-0.3, -0.25) is 10.1 Å². The summed E-state index contributed by atoms with van der Waals surface area (Å²) >= 11 is 0. The zero-order valence-electron chi connectivity index (χ0n) is 16.5. The zero-order chi connectivity index (χ0) is 23.6. The molecule has 0 radical (unpaired) electrons. The van der Waals surface area contributed by atoms with Crippen LogP contribution in [0.3, 0.4) is 0 Å². The molecule has 1 heterocycles. The summed E-state index contributed by atoms with van der Waals surface area (Å²) in [4.78, 5) is 10.2. The highest BCUT2D eigenvalue weighted by molar-refractivity contribution is 7.91. The van der Waals surface area contributed by atoms with E-state index in [1.807, 2.05) is 0 Å². The SMILES string of the molecule is NCC1=C[N+](c2ccc(Oc3ccc([N+](=O)[O-])cc3)cc2)(S(=O)(=O)CC(F)(F)F)CC=C1. The maximum Gasteiger partial charge on any atom is 0.408 e. The van der Waals surface area contributed by atoms with Crippen LogP contribution in [-0.2, 0) is 10.0 Å². The fourth-order valence-corrected chi connectivity index (χ4v) is 4.94. The van der Waals surface area contributed by atoms with Gasteiger partial charge < -0.3 is 10.5 Å². The van der Waals surface area contributed by atoms with Gasteiger partial charge in [0, 0.05) is 36.4 Å². The van der Waals surface area contributed by atoms with Crippen molar-refractivity contribution < 1.29 is 31.2 Å². The number of halogens is 3. The van der Waals surface area contributed by atoms with Crippen molar-refractivity contribution >= 4 is 21.4 Å². The van der Waals surface area contributed by atoms with Crippen molar-refractivity contribution in [3.05, 3.63) is 82.6 Å². The van der Waals surface area contributed by atoms with Gasteiger partial charge in [0.2, 0.25) is 0 Å². The molecule has 1 aliphatic rings. The second-order valence-electron chi connectivity index (χ2n) is 6.98. The molecule has 12 heteroatoms. The van der Waals surface area contributed by atoms with Gasteiger partial charge in [-0.2, -0.15) is 25.5 Å². The molecule has 2 N–H and O–H groups in total. The van der Waals surface area contributed by atoms with E-state index in [1.165, 1.54) is 60.8 Å². The summed E-state index contributed by atoms with van der Waals surface area (Å²) in [6.07, 6.45) is -0.655. The summed E-state index contributed by atoms with van der Waals surface area (Å²) in [5, 5.41) is 10.7. The van der Waals surface area contributed by atoms with Gasteiger partial charge in [-0.25, -0.2) is 0 Å². The Bertz CT molecular complexity index is 1160. The second kappa shape index (κ2) is 8.73. The van der Waals surface area contributed by atoms with Crippen LogP contribution < -0.4 is 14.4 Å². The van der Waals surface area contributed by atoms with Crippen LogP contribution >= 0.6 is 0 Å². The van der Waals surface area contributed by atoms with Crippen molar-refractivity contribution in [2.75, 3.05) is 18.8 Å². The molecule has 0 fully saturated rings. The fourth-order valence-electron chi connectivity index (χ4n) is 3.24. The molecule has 2 aromatic rings. The Morgan fingerprint density at radius 3 is 2.12 bits per heavy atom. The number of quaternary nitrogens is 1.